The maximum Gasteiger partial charge on any atom is 0.175 e. The molecule has 0 fully saturated rings. The molecular weight excluding hydrogens is 288 g/mol. The minimum atomic E-state index is -3.19. The molecule has 21 heavy (non-hydrogen) atoms. The van der Waals surface area contributed by atoms with Crippen molar-refractivity contribution in [3.8, 4) is 11.8 Å². The molecule has 1 N–H and O–H groups in total. The van der Waals surface area contributed by atoms with Crippen molar-refractivity contribution in [1.82, 2.24) is 5.32 Å². The highest BCUT2D eigenvalue weighted by atomic mass is 32.2. The maximum atomic E-state index is 11.3. The minimum absolute atomic E-state index is 0.212. The summed E-state index contributed by atoms with van der Waals surface area (Å²) in [5, 5.41) is 12.4. The summed E-state index contributed by atoms with van der Waals surface area (Å²) in [6.07, 6.45) is 1.70. The highest BCUT2D eigenvalue weighted by molar-refractivity contribution is 7.90. The zero-order valence-corrected chi connectivity index (χ0v) is 13.7. The summed E-state index contributed by atoms with van der Waals surface area (Å²) in [6.45, 7) is 6.19. The van der Waals surface area contributed by atoms with Gasteiger partial charge >= 0.3 is 0 Å². The fourth-order valence-electron chi connectivity index (χ4n) is 1.95. The van der Waals surface area contributed by atoms with Gasteiger partial charge in [0, 0.05) is 18.7 Å². The van der Waals surface area contributed by atoms with E-state index in [0.717, 1.165) is 0 Å². The van der Waals surface area contributed by atoms with E-state index in [1.165, 1.54) is 18.4 Å². The van der Waals surface area contributed by atoms with Crippen LogP contribution in [0.3, 0.4) is 0 Å². The number of benzene rings is 1. The first-order valence-corrected chi connectivity index (χ1v) is 8.67. The Morgan fingerprint density at radius 3 is 2.33 bits per heavy atom. The van der Waals surface area contributed by atoms with E-state index in [1.807, 2.05) is 20.8 Å². The first-order valence-electron chi connectivity index (χ1n) is 6.78. The SMILES string of the molecule is CC(C)NC(C)(C#N)CCOc1ccc(S(C)(=O)=O)cc1. The van der Waals surface area contributed by atoms with E-state index in [-0.39, 0.29) is 10.9 Å². The molecule has 0 aliphatic rings. The summed E-state index contributed by atoms with van der Waals surface area (Å²) in [5.74, 6) is 0.590. The van der Waals surface area contributed by atoms with Crippen LogP contribution in [0.1, 0.15) is 27.2 Å². The summed E-state index contributed by atoms with van der Waals surface area (Å²) in [4.78, 5) is 0.262. The number of nitrogens with zero attached hydrogens (tertiary/aromatic N) is 1. The molecule has 0 saturated heterocycles. The molecule has 0 radical (unpaired) electrons. The van der Waals surface area contributed by atoms with E-state index in [1.54, 1.807) is 12.1 Å². The van der Waals surface area contributed by atoms with Gasteiger partial charge in [-0.05, 0) is 45.0 Å². The zero-order valence-electron chi connectivity index (χ0n) is 12.9. The molecule has 0 aliphatic heterocycles. The van der Waals surface area contributed by atoms with E-state index in [0.29, 0.717) is 18.8 Å². The lowest BCUT2D eigenvalue weighted by Gasteiger charge is -2.25. The highest BCUT2D eigenvalue weighted by Crippen LogP contribution is 2.17. The van der Waals surface area contributed by atoms with E-state index < -0.39 is 15.4 Å². The van der Waals surface area contributed by atoms with Gasteiger partial charge in [-0.15, -0.1) is 0 Å². The lowest BCUT2D eigenvalue weighted by molar-refractivity contribution is 0.260. The smallest absolute Gasteiger partial charge is 0.175 e. The molecule has 0 saturated carbocycles. The average Bonchev–Trinajstić information content (AvgIpc) is 2.37. The van der Waals surface area contributed by atoms with E-state index >= 15 is 0 Å². The topological polar surface area (TPSA) is 79.2 Å². The van der Waals surface area contributed by atoms with Crippen LogP contribution >= 0.6 is 0 Å². The lowest BCUT2D eigenvalue weighted by Crippen LogP contribution is -2.45. The first kappa shape index (κ1) is 17.5. The Bertz CT molecular complexity index is 603. The molecule has 5 nitrogen and oxygen atoms in total. The number of hydrogen-bond acceptors (Lipinski definition) is 5. The second kappa shape index (κ2) is 6.92. The lowest BCUT2D eigenvalue weighted by atomic mass is 9.99. The van der Waals surface area contributed by atoms with Crippen molar-refractivity contribution < 1.29 is 13.2 Å². The first-order chi connectivity index (χ1) is 9.66. The number of rotatable bonds is 7. The quantitative estimate of drug-likeness (QED) is 0.834. The molecule has 0 aliphatic carbocycles. The molecule has 0 spiro atoms. The third-order valence-electron chi connectivity index (χ3n) is 2.98. The Balaban J connectivity index is 2.58. The van der Waals surface area contributed by atoms with Gasteiger partial charge in [-0.25, -0.2) is 8.42 Å². The summed E-state index contributed by atoms with van der Waals surface area (Å²) < 4.78 is 28.3. The molecule has 0 amide bonds. The Labute approximate surface area is 126 Å². The second-order valence-electron chi connectivity index (χ2n) is 5.58. The van der Waals surface area contributed by atoms with E-state index in [9.17, 15) is 13.7 Å². The Kier molecular flexibility index (Phi) is 5.76. The molecule has 0 aromatic heterocycles. The maximum absolute atomic E-state index is 11.3. The van der Waals surface area contributed by atoms with E-state index in [4.69, 9.17) is 4.74 Å². The summed E-state index contributed by atoms with van der Waals surface area (Å²) >= 11 is 0. The normalized spacial score (nSPS) is 14.5. The summed E-state index contributed by atoms with van der Waals surface area (Å²) in [6, 6.07) is 8.74. The van der Waals surface area contributed by atoms with Gasteiger partial charge in [-0.3, -0.25) is 5.32 Å². The van der Waals surface area contributed by atoms with Crippen LogP contribution in [0.2, 0.25) is 0 Å². The number of hydrogen-bond donors (Lipinski definition) is 1. The van der Waals surface area contributed by atoms with Crippen molar-refractivity contribution in [3.63, 3.8) is 0 Å². The molecule has 6 heteroatoms. The van der Waals surface area contributed by atoms with Gasteiger partial charge in [-0.2, -0.15) is 5.26 Å². The van der Waals surface area contributed by atoms with Crippen LogP contribution in [-0.2, 0) is 9.84 Å². The third-order valence-corrected chi connectivity index (χ3v) is 4.11. The van der Waals surface area contributed by atoms with Crippen molar-refractivity contribution in [2.24, 2.45) is 0 Å². The van der Waals surface area contributed by atoms with Crippen LogP contribution in [0, 0.1) is 11.3 Å². The van der Waals surface area contributed by atoms with Gasteiger partial charge < -0.3 is 4.74 Å². The highest BCUT2D eigenvalue weighted by Gasteiger charge is 2.24. The van der Waals surface area contributed by atoms with Crippen LogP contribution in [0.25, 0.3) is 0 Å². The Morgan fingerprint density at radius 1 is 1.33 bits per heavy atom. The predicted octanol–water partition coefficient (Wildman–Crippen LogP) is 2.14. The molecule has 1 atom stereocenters. The molecule has 1 unspecified atom stereocenters. The number of nitrogens with one attached hydrogen (secondary N) is 1. The average molecular weight is 310 g/mol. The van der Waals surface area contributed by atoms with Gasteiger partial charge in [0.2, 0.25) is 0 Å². The van der Waals surface area contributed by atoms with Crippen LogP contribution in [-0.4, -0.2) is 32.9 Å². The van der Waals surface area contributed by atoms with Crippen molar-refractivity contribution in [1.29, 1.82) is 5.26 Å². The van der Waals surface area contributed by atoms with Crippen LogP contribution < -0.4 is 10.1 Å². The predicted molar refractivity (Wildman–Crippen MR) is 82.0 cm³/mol. The summed E-state index contributed by atoms with van der Waals surface area (Å²) in [5.41, 5.74) is -0.638. The fraction of sp³-hybridized carbons (Fsp3) is 0.533. The van der Waals surface area contributed by atoms with Crippen LogP contribution in [0.5, 0.6) is 5.75 Å². The molecule has 1 aromatic carbocycles. The summed E-state index contributed by atoms with van der Waals surface area (Å²) in [7, 11) is -3.19. The number of nitriles is 1. The monoisotopic (exact) mass is 310 g/mol. The molecule has 116 valence electrons. The van der Waals surface area contributed by atoms with Crippen molar-refractivity contribution >= 4 is 9.84 Å². The van der Waals surface area contributed by atoms with Gasteiger partial charge in [0.15, 0.2) is 9.84 Å². The largest absolute Gasteiger partial charge is 0.493 e. The van der Waals surface area contributed by atoms with E-state index in [2.05, 4.69) is 11.4 Å². The Hall–Kier alpha value is -1.58. The zero-order chi connectivity index (χ0) is 16.1. The molecule has 1 aromatic rings. The van der Waals surface area contributed by atoms with Crippen LogP contribution in [0.4, 0.5) is 0 Å². The standard InChI is InChI=1S/C15H22N2O3S/c1-12(2)17-15(3,11-16)9-10-20-13-5-7-14(8-6-13)21(4,18)19/h5-8,12,17H,9-10H2,1-4H3. The fourth-order valence-corrected chi connectivity index (χ4v) is 2.58. The number of ether oxygens (including phenoxy) is 1. The van der Waals surface area contributed by atoms with Crippen LogP contribution in [0.15, 0.2) is 29.2 Å². The second-order valence-corrected chi connectivity index (χ2v) is 7.60. The molecule has 1 rings (SSSR count). The Morgan fingerprint density at radius 2 is 1.90 bits per heavy atom. The number of sulfone groups is 1. The molecular formula is C15H22N2O3S. The van der Waals surface area contributed by atoms with Crippen molar-refractivity contribution in [2.45, 2.75) is 43.7 Å². The van der Waals surface area contributed by atoms with Crippen molar-refractivity contribution in [3.05, 3.63) is 24.3 Å². The van der Waals surface area contributed by atoms with Gasteiger partial charge in [-0.1, -0.05) is 0 Å². The minimum Gasteiger partial charge on any atom is -0.493 e. The van der Waals surface area contributed by atoms with Crippen molar-refractivity contribution in [2.75, 3.05) is 12.9 Å². The van der Waals surface area contributed by atoms with Gasteiger partial charge in [0.1, 0.15) is 11.3 Å². The third kappa shape index (κ3) is 5.74. The molecule has 0 bridgehead atoms. The van der Waals surface area contributed by atoms with Gasteiger partial charge in [0.05, 0.1) is 17.6 Å². The van der Waals surface area contributed by atoms with Gasteiger partial charge in [0.25, 0.3) is 0 Å². The molecule has 0 heterocycles.